The minimum atomic E-state index is -0.387. The molecule has 0 aliphatic rings. The highest BCUT2D eigenvalue weighted by molar-refractivity contribution is 5.28. The minimum absolute atomic E-state index is 0.387. The van der Waals surface area contributed by atoms with E-state index in [-0.39, 0.29) is 6.10 Å². The summed E-state index contributed by atoms with van der Waals surface area (Å²) in [5, 5.41) is 9.70. The molecule has 0 aliphatic carbocycles. The van der Waals surface area contributed by atoms with Gasteiger partial charge in [-0.25, -0.2) is 4.98 Å². The Hall–Kier alpha value is -1.81. The van der Waals surface area contributed by atoms with Gasteiger partial charge >= 0.3 is 0 Å². The predicted octanol–water partition coefficient (Wildman–Crippen LogP) is 2.49. The number of aliphatic hydroxyl groups excluding tert-OH is 1. The Morgan fingerprint density at radius 3 is 2.63 bits per heavy atom. The fraction of sp³-hybridized carbons (Fsp3) is 0.400. The lowest BCUT2D eigenvalue weighted by atomic mass is 10.1. The third kappa shape index (κ3) is 3.58. The number of hydrogen-bond acceptors (Lipinski definition) is 3. The first-order valence-electron chi connectivity index (χ1n) is 6.57. The monoisotopic (exact) mass is 260 g/mol. The van der Waals surface area contributed by atoms with Crippen LogP contribution in [0.25, 0.3) is 0 Å². The highest BCUT2D eigenvalue weighted by Gasteiger charge is 2.04. The molecule has 1 aromatic heterocycles. The molecule has 1 aromatic carbocycles. The van der Waals surface area contributed by atoms with Gasteiger partial charge in [-0.1, -0.05) is 19.1 Å². The smallest absolute Gasteiger partial charge is 0.119 e. The normalized spacial score (nSPS) is 12.4. The van der Waals surface area contributed by atoms with E-state index < -0.39 is 0 Å². The average molecular weight is 260 g/mol. The second-order valence-electron chi connectivity index (χ2n) is 4.55. The lowest BCUT2D eigenvalue weighted by molar-refractivity contribution is 0.173. The van der Waals surface area contributed by atoms with E-state index in [4.69, 9.17) is 4.74 Å². The van der Waals surface area contributed by atoms with Crippen molar-refractivity contribution in [2.45, 2.75) is 25.9 Å². The van der Waals surface area contributed by atoms with Gasteiger partial charge in [0.2, 0.25) is 0 Å². The van der Waals surface area contributed by atoms with Crippen molar-refractivity contribution in [3.63, 3.8) is 0 Å². The maximum atomic E-state index is 9.70. The summed E-state index contributed by atoms with van der Waals surface area (Å²) >= 11 is 0. The molecule has 1 N–H and O–H groups in total. The highest BCUT2D eigenvalue weighted by atomic mass is 16.5. The summed E-state index contributed by atoms with van der Waals surface area (Å²) in [4.78, 5) is 4.25. The van der Waals surface area contributed by atoms with Crippen LogP contribution in [-0.2, 0) is 13.5 Å². The number of aliphatic hydroxyl groups is 1. The molecule has 19 heavy (non-hydrogen) atoms. The van der Waals surface area contributed by atoms with Gasteiger partial charge in [0.1, 0.15) is 11.6 Å². The molecule has 0 amide bonds. The van der Waals surface area contributed by atoms with Gasteiger partial charge in [-0.05, 0) is 24.1 Å². The second kappa shape index (κ2) is 6.38. The van der Waals surface area contributed by atoms with E-state index >= 15 is 0 Å². The molecule has 0 spiro atoms. The van der Waals surface area contributed by atoms with Crippen molar-refractivity contribution in [2.24, 2.45) is 7.05 Å². The summed E-state index contributed by atoms with van der Waals surface area (Å²) in [7, 11) is 1.98. The van der Waals surface area contributed by atoms with Gasteiger partial charge in [0.15, 0.2) is 0 Å². The number of hydrogen-bond donors (Lipinski definition) is 1. The molecule has 102 valence electrons. The SMILES string of the molecule is CC[C@H](O)c1ccc(OCCc2nccn2C)cc1. The van der Waals surface area contributed by atoms with Crippen LogP contribution in [0.2, 0.25) is 0 Å². The molecule has 1 heterocycles. The summed E-state index contributed by atoms with van der Waals surface area (Å²) in [5.41, 5.74) is 0.930. The Kier molecular flexibility index (Phi) is 4.58. The number of nitrogens with zero attached hydrogens (tertiary/aromatic N) is 2. The summed E-state index contributed by atoms with van der Waals surface area (Å²) in [5.74, 6) is 1.83. The fourth-order valence-corrected chi connectivity index (χ4v) is 1.92. The van der Waals surface area contributed by atoms with Crippen molar-refractivity contribution in [1.29, 1.82) is 0 Å². The number of ether oxygens (including phenoxy) is 1. The van der Waals surface area contributed by atoms with Gasteiger partial charge in [-0.15, -0.1) is 0 Å². The van der Waals surface area contributed by atoms with Crippen molar-refractivity contribution < 1.29 is 9.84 Å². The molecule has 0 radical (unpaired) electrons. The topological polar surface area (TPSA) is 47.3 Å². The first-order valence-corrected chi connectivity index (χ1v) is 6.57. The first kappa shape index (κ1) is 13.6. The van der Waals surface area contributed by atoms with Crippen molar-refractivity contribution in [3.05, 3.63) is 48.0 Å². The van der Waals surface area contributed by atoms with Gasteiger partial charge in [0.25, 0.3) is 0 Å². The van der Waals surface area contributed by atoms with Crippen LogP contribution in [0.1, 0.15) is 30.8 Å². The number of aromatic nitrogens is 2. The van der Waals surface area contributed by atoms with Crippen LogP contribution in [0.4, 0.5) is 0 Å². The molecular weight excluding hydrogens is 240 g/mol. The Morgan fingerprint density at radius 1 is 1.32 bits per heavy atom. The molecule has 0 aliphatic heterocycles. The maximum absolute atomic E-state index is 9.70. The van der Waals surface area contributed by atoms with Crippen LogP contribution >= 0.6 is 0 Å². The number of imidazole rings is 1. The number of benzene rings is 1. The third-order valence-electron chi connectivity index (χ3n) is 3.17. The predicted molar refractivity (Wildman–Crippen MR) is 74.1 cm³/mol. The molecule has 4 heteroatoms. The fourth-order valence-electron chi connectivity index (χ4n) is 1.92. The Labute approximate surface area is 113 Å². The minimum Gasteiger partial charge on any atom is -0.493 e. The van der Waals surface area contributed by atoms with Crippen LogP contribution in [0.3, 0.4) is 0 Å². The Balaban J connectivity index is 1.85. The zero-order chi connectivity index (χ0) is 13.7. The molecule has 0 saturated carbocycles. The van der Waals surface area contributed by atoms with Crippen LogP contribution in [0.15, 0.2) is 36.7 Å². The van der Waals surface area contributed by atoms with E-state index in [0.29, 0.717) is 6.61 Å². The van der Waals surface area contributed by atoms with E-state index in [1.807, 2.05) is 49.0 Å². The van der Waals surface area contributed by atoms with Gasteiger partial charge in [0, 0.05) is 25.9 Å². The maximum Gasteiger partial charge on any atom is 0.119 e. The Bertz CT molecular complexity index is 505. The van der Waals surface area contributed by atoms with Crippen LogP contribution < -0.4 is 4.74 Å². The number of aryl methyl sites for hydroxylation is 1. The summed E-state index contributed by atoms with van der Waals surface area (Å²) < 4.78 is 7.66. The molecule has 0 fully saturated rings. The molecule has 4 nitrogen and oxygen atoms in total. The number of rotatable bonds is 6. The highest BCUT2D eigenvalue weighted by Crippen LogP contribution is 2.19. The summed E-state index contributed by atoms with van der Waals surface area (Å²) in [6, 6.07) is 7.60. The molecule has 2 aromatic rings. The zero-order valence-corrected chi connectivity index (χ0v) is 11.4. The van der Waals surface area contributed by atoms with Crippen molar-refractivity contribution in [3.8, 4) is 5.75 Å². The van der Waals surface area contributed by atoms with Crippen molar-refractivity contribution in [1.82, 2.24) is 9.55 Å². The molecular formula is C15H20N2O2. The van der Waals surface area contributed by atoms with Crippen molar-refractivity contribution in [2.75, 3.05) is 6.61 Å². The molecule has 0 saturated heterocycles. The van der Waals surface area contributed by atoms with Gasteiger partial charge in [0.05, 0.1) is 12.7 Å². The summed E-state index contributed by atoms with van der Waals surface area (Å²) in [6.07, 6.45) is 4.83. The molecule has 0 bridgehead atoms. The average Bonchev–Trinajstić information content (AvgIpc) is 2.84. The largest absolute Gasteiger partial charge is 0.493 e. The molecule has 2 rings (SSSR count). The van der Waals surface area contributed by atoms with Gasteiger partial charge < -0.3 is 14.4 Å². The third-order valence-corrected chi connectivity index (χ3v) is 3.17. The standard InChI is InChI=1S/C15H20N2O2/c1-3-14(18)12-4-6-13(7-5-12)19-11-8-15-16-9-10-17(15)2/h4-7,9-10,14,18H,3,8,11H2,1-2H3/t14-/m0/s1. The molecule has 0 unspecified atom stereocenters. The van der Waals surface area contributed by atoms with E-state index in [1.54, 1.807) is 6.20 Å². The van der Waals surface area contributed by atoms with Crippen LogP contribution in [0.5, 0.6) is 5.75 Å². The van der Waals surface area contributed by atoms with Gasteiger partial charge in [-0.3, -0.25) is 0 Å². The van der Waals surface area contributed by atoms with E-state index in [0.717, 1.165) is 30.0 Å². The summed E-state index contributed by atoms with van der Waals surface area (Å²) in [6.45, 7) is 2.56. The van der Waals surface area contributed by atoms with E-state index in [9.17, 15) is 5.11 Å². The lowest BCUT2D eigenvalue weighted by Crippen LogP contribution is -2.06. The van der Waals surface area contributed by atoms with E-state index in [1.165, 1.54) is 0 Å². The van der Waals surface area contributed by atoms with Crippen molar-refractivity contribution >= 4 is 0 Å². The quantitative estimate of drug-likeness (QED) is 0.868. The first-order chi connectivity index (χ1) is 9.20. The van der Waals surface area contributed by atoms with E-state index in [2.05, 4.69) is 4.98 Å². The second-order valence-corrected chi connectivity index (χ2v) is 4.55. The lowest BCUT2D eigenvalue weighted by Gasteiger charge is -2.10. The molecule has 1 atom stereocenters. The van der Waals surface area contributed by atoms with Gasteiger partial charge in [-0.2, -0.15) is 0 Å². The zero-order valence-electron chi connectivity index (χ0n) is 11.4. The van der Waals surface area contributed by atoms with Crippen LogP contribution in [-0.4, -0.2) is 21.3 Å². The van der Waals surface area contributed by atoms with Crippen LogP contribution in [0, 0.1) is 0 Å². The Morgan fingerprint density at radius 2 is 2.05 bits per heavy atom.